The van der Waals surface area contributed by atoms with Crippen LogP contribution in [0.5, 0.6) is 0 Å². The first-order valence-electron chi connectivity index (χ1n) is 9.65. The lowest BCUT2D eigenvalue weighted by molar-refractivity contribution is -0.847. The lowest BCUT2D eigenvalue weighted by Crippen LogP contribution is -3.10. The van der Waals surface area contributed by atoms with Gasteiger partial charge in [0.15, 0.2) is 0 Å². The maximum atomic E-state index is 12.7. The van der Waals surface area contributed by atoms with Gasteiger partial charge < -0.3 is 9.80 Å². The summed E-state index contributed by atoms with van der Waals surface area (Å²) >= 11 is 0. The molecule has 0 bridgehead atoms. The number of nitrogens with zero attached hydrogens (tertiary/aromatic N) is 3. The van der Waals surface area contributed by atoms with E-state index >= 15 is 0 Å². The van der Waals surface area contributed by atoms with Crippen molar-refractivity contribution < 1.29 is 4.90 Å². The number of para-hydroxylation sites is 2. The van der Waals surface area contributed by atoms with Gasteiger partial charge in [0.1, 0.15) is 12.0 Å². The van der Waals surface area contributed by atoms with Gasteiger partial charge in [-0.05, 0) is 30.7 Å². The van der Waals surface area contributed by atoms with Crippen molar-refractivity contribution in [3.05, 3.63) is 77.0 Å². The largest absolute Gasteiger partial charge is 0.360 e. The van der Waals surface area contributed by atoms with Crippen LogP contribution in [0.4, 0.5) is 5.69 Å². The quantitative estimate of drug-likeness (QED) is 0.755. The van der Waals surface area contributed by atoms with Gasteiger partial charge in [0.05, 0.1) is 37.1 Å². The van der Waals surface area contributed by atoms with Gasteiger partial charge in [-0.1, -0.05) is 30.3 Å². The third kappa shape index (κ3) is 2.94. The Bertz CT molecular complexity index is 1060. The molecule has 3 heterocycles. The van der Waals surface area contributed by atoms with Gasteiger partial charge in [0.25, 0.3) is 5.56 Å². The van der Waals surface area contributed by atoms with Crippen molar-refractivity contribution >= 4 is 22.2 Å². The molecule has 0 saturated carbocycles. The fourth-order valence-electron chi connectivity index (χ4n) is 4.18. The summed E-state index contributed by atoms with van der Waals surface area (Å²) in [7, 11) is 0. The first-order chi connectivity index (χ1) is 13.3. The molecule has 2 aliphatic rings. The van der Waals surface area contributed by atoms with E-state index in [1.165, 1.54) is 16.2 Å². The third-order valence-corrected chi connectivity index (χ3v) is 5.66. The average molecular weight is 359 g/mol. The molecule has 5 rings (SSSR count). The molecule has 27 heavy (non-hydrogen) atoms. The van der Waals surface area contributed by atoms with Crippen molar-refractivity contribution in [2.45, 2.75) is 13.0 Å². The summed E-state index contributed by atoms with van der Waals surface area (Å²) < 4.78 is 1.84. The van der Waals surface area contributed by atoms with E-state index in [-0.39, 0.29) is 5.56 Å². The average Bonchev–Trinajstić information content (AvgIpc) is 3.12. The fourth-order valence-corrected chi connectivity index (χ4v) is 4.18. The molecular weight excluding hydrogens is 336 g/mol. The Morgan fingerprint density at radius 2 is 1.67 bits per heavy atom. The Morgan fingerprint density at radius 3 is 2.48 bits per heavy atom. The molecule has 0 radical (unpaired) electrons. The molecule has 1 fully saturated rings. The molecule has 0 atom stereocenters. The lowest BCUT2D eigenvalue weighted by Gasteiger charge is -2.32. The van der Waals surface area contributed by atoms with Gasteiger partial charge in [-0.15, -0.1) is 0 Å². The van der Waals surface area contributed by atoms with E-state index in [0.717, 1.165) is 50.5 Å². The van der Waals surface area contributed by atoms with Gasteiger partial charge in [0.2, 0.25) is 0 Å². The Balaban J connectivity index is 1.39. The normalized spacial score (nSPS) is 19.0. The number of fused-ring (bicyclic) bond motifs is 2. The summed E-state index contributed by atoms with van der Waals surface area (Å²) in [6.45, 7) is 4.95. The Labute approximate surface area is 158 Å². The Morgan fingerprint density at radius 1 is 0.926 bits per heavy atom. The van der Waals surface area contributed by atoms with Crippen molar-refractivity contribution in [3.63, 3.8) is 0 Å². The van der Waals surface area contributed by atoms with Gasteiger partial charge in [-0.25, -0.2) is 4.98 Å². The van der Waals surface area contributed by atoms with Crippen LogP contribution in [0.3, 0.4) is 0 Å². The van der Waals surface area contributed by atoms with E-state index in [2.05, 4.69) is 41.4 Å². The minimum Gasteiger partial charge on any atom is -0.360 e. The number of hydrogen-bond acceptors (Lipinski definition) is 3. The zero-order valence-electron chi connectivity index (χ0n) is 15.3. The summed E-state index contributed by atoms with van der Waals surface area (Å²) in [5.74, 6) is 0.858. The molecule has 0 unspecified atom stereocenters. The molecule has 0 amide bonds. The van der Waals surface area contributed by atoms with Crippen LogP contribution in [-0.4, -0.2) is 35.7 Å². The van der Waals surface area contributed by atoms with Crippen molar-refractivity contribution in [3.8, 4) is 0 Å². The molecular formula is C22H23N4O+. The summed E-state index contributed by atoms with van der Waals surface area (Å²) in [4.78, 5) is 21.4. The molecule has 0 spiro atoms. The second-order valence-corrected chi connectivity index (χ2v) is 7.31. The van der Waals surface area contributed by atoms with E-state index in [9.17, 15) is 4.79 Å². The van der Waals surface area contributed by atoms with E-state index in [4.69, 9.17) is 4.98 Å². The maximum absolute atomic E-state index is 12.7. The van der Waals surface area contributed by atoms with Gasteiger partial charge in [0, 0.05) is 17.8 Å². The Hall–Kier alpha value is -2.92. The molecule has 2 aromatic carbocycles. The first kappa shape index (κ1) is 16.3. The van der Waals surface area contributed by atoms with Crippen LogP contribution in [0.1, 0.15) is 12.2 Å². The van der Waals surface area contributed by atoms with Gasteiger partial charge in [-0.2, -0.15) is 0 Å². The molecule has 3 aromatic rings. The summed E-state index contributed by atoms with van der Waals surface area (Å²) in [6.07, 6.45) is 3.20. The molecule has 2 aliphatic heterocycles. The SMILES string of the molecule is O=c1c2ccccc2nc2n1CC/C2=C/[NH+]1CCN(c2ccccc2)CC1. The van der Waals surface area contributed by atoms with Crippen LogP contribution in [0.25, 0.3) is 16.5 Å². The molecule has 1 saturated heterocycles. The standard InChI is InChI=1S/C22H22N4O/c27-22-19-8-4-5-9-20(19)23-21-17(10-11-26(21)22)16-24-12-14-25(15-13-24)18-6-2-1-3-7-18/h1-9,16H,10-15H2/p+1/b17-16-. The first-order valence-corrected chi connectivity index (χ1v) is 9.65. The van der Waals surface area contributed by atoms with Crippen LogP contribution in [0.2, 0.25) is 0 Å². The molecule has 1 N–H and O–H groups in total. The Kier molecular flexibility index (Phi) is 4.02. The number of aromatic nitrogens is 2. The molecule has 5 heteroatoms. The monoisotopic (exact) mass is 359 g/mol. The lowest BCUT2D eigenvalue weighted by atomic mass is 10.2. The highest BCUT2D eigenvalue weighted by Gasteiger charge is 2.25. The van der Waals surface area contributed by atoms with E-state index in [0.29, 0.717) is 5.39 Å². The minimum atomic E-state index is 0.0860. The number of quaternary nitrogens is 1. The predicted molar refractivity (Wildman–Crippen MR) is 108 cm³/mol. The second-order valence-electron chi connectivity index (χ2n) is 7.31. The second kappa shape index (κ2) is 6.67. The predicted octanol–water partition coefficient (Wildman–Crippen LogP) is 1.55. The van der Waals surface area contributed by atoms with Crippen LogP contribution in [0, 0.1) is 0 Å². The van der Waals surface area contributed by atoms with Crippen molar-refractivity contribution in [2.75, 3.05) is 31.1 Å². The molecule has 1 aromatic heterocycles. The zero-order valence-corrected chi connectivity index (χ0v) is 15.3. The molecule has 5 nitrogen and oxygen atoms in total. The van der Waals surface area contributed by atoms with Crippen molar-refractivity contribution in [1.29, 1.82) is 0 Å². The van der Waals surface area contributed by atoms with Crippen LogP contribution in [-0.2, 0) is 6.54 Å². The maximum Gasteiger partial charge on any atom is 0.261 e. The van der Waals surface area contributed by atoms with Gasteiger partial charge >= 0.3 is 0 Å². The van der Waals surface area contributed by atoms with Crippen LogP contribution < -0.4 is 15.4 Å². The van der Waals surface area contributed by atoms with Crippen LogP contribution >= 0.6 is 0 Å². The van der Waals surface area contributed by atoms with Crippen LogP contribution in [0.15, 0.2) is 65.6 Å². The highest BCUT2D eigenvalue weighted by Crippen LogP contribution is 2.24. The number of nitrogens with one attached hydrogen (secondary N) is 1. The number of allylic oxidation sites excluding steroid dienone is 1. The smallest absolute Gasteiger partial charge is 0.261 e. The van der Waals surface area contributed by atoms with Crippen molar-refractivity contribution in [1.82, 2.24) is 9.55 Å². The molecule has 136 valence electrons. The number of rotatable bonds is 2. The zero-order chi connectivity index (χ0) is 18.2. The van der Waals surface area contributed by atoms with Crippen molar-refractivity contribution in [2.24, 2.45) is 0 Å². The number of piperazine rings is 1. The highest BCUT2D eigenvalue weighted by molar-refractivity contribution is 5.79. The number of benzene rings is 2. The summed E-state index contributed by atoms with van der Waals surface area (Å²) in [5.41, 5.74) is 3.39. The van der Waals surface area contributed by atoms with E-state index in [1.54, 1.807) is 0 Å². The van der Waals surface area contributed by atoms with E-state index in [1.807, 2.05) is 28.8 Å². The van der Waals surface area contributed by atoms with E-state index < -0.39 is 0 Å². The highest BCUT2D eigenvalue weighted by atomic mass is 16.1. The number of hydrogen-bond donors (Lipinski definition) is 1. The topological polar surface area (TPSA) is 42.6 Å². The summed E-state index contributed by atoms with van der Waals surface area (Å²) in [5, 5.41) is 0.714. The summed E-state index contributed by atoms with van der Waals surface area (Å²) in [6, 6.07) is 18.3. The third-order valence-electron chi connectivity index (χ3n) is 5.66. The van der Waals surface area contributed by atoms with Gasteiger partial charge in [-0.3, -0.25) is 9.36 Å². The number of anilines is 1. The minimum absolute atomic E-state index is 0.0860. The molecule has 0 aliphatic carbocycles. The fraction of sp³-hybridized carbons (Fsp3) is 0.273.